The molecule has 1 amide bonds. The first kappa shape index (κ1) is 12.6. The molecular formula is C14H11ClN4O. The van der Waals surface area contributed by atoms with Crippen LogP contribution in [-0.2, 0) is 6.54 Å². The van der Waals surface area contributed by atoms with E-state index in [0.29, 0.717) is 22.6 Å². The third-order valence-electron chi connectivity index (χ3n) is 2.90. The van der Waals surface area contributed by atoms with Crippen molar-refractivity contribution >= 4 is 28.7 Å². The van der Waals surface area contributed by atoms with E-state index in [0.717, 1.165) is 5.56 Å². The predicted octanol–water partition coefficient (Wildman–Crippen LogP) is 2.84. The lowest BCUT2D eigenvalue weighted by Gasteiger charge is -2.05. The molecule has 0 aliphatic carbocycles. The monoisotopic (exact) mass is 286 g/mol. The Morgan fingerprint density at radius 2 is 1.90 bits per heavy atom. The van der Waals surface area contributed by atoms with Gasteiger partial charge in [-0.2, -0.15) is 4.68 Å². The third-order valence-corrected chi connectivity index (χ3v) is 3.15. The highest BCUT2D eigenvalue weighted by molar-refractivity contribution is 6.30. The second-order valence-corrected chi connectivity index (χ2v) is 4.71. The topological polar surface area (TPSA) is 59.8 Å². The van der Waals surface area contributed by atoms with E-state index >= 15 is 0 Å². The van der Waals surface area contributed by atoms with E-state index in [1.54, 1.807) is 18.2 Å². The van der Waals surface area contributed by atoms with Gasteiger partial charge in [-0.15, -0.1) is 5.10 Å². The average molecular weight is 287 g/mol. The SMILES string of the molecule is O=C(NCc1ccc(Cl)cc1)n1nnc2ccccc21. The average Bonchev–Trinajstić information content (AvgIpc) is 2.90. The van der Waals surface area contributed by atoms with E-state index < -0.39 is 0 Å². The molecule has 0 bridgehead atoms. The van der Waals surface area contributed by atoms with Crippen LogP contribution in [0.5, 0.6) is 0 Å². The molecular weight excluding hydrogens is 276 g/mol. The number of carbonyl (C=O) groups excluding carboxylic acids is 1. The fourth-order valence-electron chi connectivity index (χ4n) is 1.87. The van der Waals surface area contributed by atoms with Crippen molar-refractivity contribution in [2.75, 3.05) is 0 Å². The summed E-state index contributed by atoms with van der Waals surface area (Å²) in [5.41, 5.74) is 2.34. The molecule has 20 heavy (non-hydrogen) atoms. The molecule has 0 saturated heterocycles. The Morgan fingerprint density at radius 3 is 2.70 bits per heavy atom. The molecule has 100 valence electrons. The first-order chi connectivity index (χ1) is 9.74. The Bertz CT molecular complexity index is 751. The number of carbonyl (C=O) groups is 1. The number of hydrogen-bond acceptors (Lipinski definition) is 3. The number of halogens is 1. The molecule has 0 spiro atoms. The van der Waals surface area contributed by atoms with Crippen LogP contribution in [0.25, 0.3) is 11.0 Å². The molecule has 0 fully saturated rings. The van der Waals surface area contributed by atoms with Gasteiger partial charge in [0.1, 0.15) is 5.52 Å². The van der Waals surface area contributed by atoms with Gasteiger partial charge in [-0.25, -0.2) is 4.79 Å². The Labute approximate surface area is 120 Å². The van der Waals surface area contributed by atoms with E-state index in [1.807, 2.05) is 30.3 Å². The predicted molar refractivity (Wildman–Crippen MR) is 76.6 cm³/mol. The number of amides is 1. The minimum atomic E-state index is -0.311. The quantitative estimate of drug-likeness (QED) is 0.788. The summed E-state index contributed by atoms with van der Waals surface area (Å²) >= 11 is 5.81. The number of nitrogens with one attached hydrogen (secondary N) is 1. The summed E-state index contributed by atoms with van der Waals surface area (Å²) in [5.74, 6) is 0. The van der Waals surface area contributed by atoms with Gasteiger partial charge < -0.3 is 5.32 Å². The van der Waals surface area contributed by atoms with Crippen LogP contribution in [0.2, 0.25) is 5.02 Å². The van der Waals surface area contributed by atoms with Crippen molar-refractivity contribution in [3.8, 4) is 0 Å². The highest BCUT2D eigenvalue weighted by Gasteiger charge is 2.10. The number of hydrogen-bond donors (Lipinski definition) is 1. The third kappa shape index (κ3) is 2.48. The molecule has 1 N–H and O–H groups in total. The van der Waals surface area contributed by atoms with Gasteiger partial charge in [-0.3, -0.25) is 0 Å². The Kier molecular flexibility index (Phi) is 3.35. The lowest BCUT2D eigenvalue weighted by Crippen LogP contribution is -2.28. The minimum Gasteiger partial charge on any atom is -0.332 e. The molecule has 0 aliphatic heterocycles. The maximum atomic E-state index is 12.1. The summed E-state index contributed by atoms with van der Waals surface area (Å²) in [6.45, 7) is 0.407. The number of nitrogens with zero attached hydrogens (tertiary/aromatic N) is 3. The number of benzene rings is 2. The maximum Gasteiger partial charge on any atom is 0.344 e. The minimum absolute atomic E-state index is 0.311. The second-order valence-electron chi connectivity index (χ2n) is 4.28. The molecule has 3 rings (SSSR count). The van der Waals surface area contributed by atoms with Gasteiger partial charge in [-0.1, -0.05) is 41.1 Å². The highest BCUT2D eigenvalue weighted by Crippen LogP contribution is 2.11. The number of rotatable bonds is 2. The largest absolute Gasteiger partial charge is 0.344 e. The van der Waals surface area contributed by atoms with Crippen LogP contribution in [0.3, 0.4) is 0 Å². The van der Waals surface area contributed by atoms with Gasteiger partial charge in [0.2, 0.25) is 0 Å². The van der Waals surface area contributed by atoms with E-state index in [1.165, 1.54) is 4.68 Å². The van der Waals surface area contributed by atoms with Crippen LogP contribution in [0, 0.1) is 0 Å². The van der Waals surface area contributed by atoms with Crippen LogP contribution in [0.4, 0.5) is 4.79 Å². The molecule has 2 aromatic carbocycles. The first-order valence-corrected chi connectivity index (χ1v) is 6.45. The Balaban J connectivity index is 1.75. The zero-order chi connectivity index (χ0) is 13.9. The number of aromatic nitrogens is 3. The van der Waals surface area contributed by atoms with Crippen LogP contribution < -0.4 is 5.32 Å². The lowest BCUT2D eigenvalue weighted by molar-refractivity contribution is 0.239. The molecule has 1 heterocycles. The zero-order valence-corrected chi connectivity index (χ0v) is 11.2. The number of fused-ring (bicyclic) bond motifs is 1. The van der Waals surface area contributed by atoms with Gasteiger partial charge in [0, 0.05) is 11.6 Å². The van der Waals surface area contributed by atoms with Crippen molar-refractivity contribution in [3.05, 3.63) is 59.1 Å². The summed E-state index contributed by atoms with van der Waals surface area (Å²) in [6, 6.07) is 14.3. The standard InChI is InChI=1S/C14H11ClN4O/c15-11-7-5-10(6-8-11)9-16-14(20)19-13-4-2-1-3-12(13)17-18-19/h1-8H,9H2,(H,16,20). The van der Waals surface area contributed by atoms with E-state index in [2.05, 4.69) is 15.6 Å². The van der Waals surface area contributed by atoms with Crippen LogP contribution >= 0.6 is 11.6 Å². The molecule has 1 aromatic heterocycles. The normalized spacial score (nSPS) is 10.7. The molecule has 0 aliphatic rings. The summed E-state index contributed by atoms with van der Waals surface area (Å²) in [4.78, 5) is 12.1. The van der Waals surface area contributed by atoms with Crippen molar-refractivity contribution in [1.29, 1.82) is 0 Å². The van der Waals surface area contributed by atoms with Crippen molar-refractivity contribution in [1.82, 2.24) is 20.3 Å². The molecule has 5 nitrogen and oxygen atoms in total. The molecule has 0 saturated carbocycles. The molecule has 0 radical (unpaired) electrons. The van der Waals surface area contributed by atoms with Gasteiger partial charge >= 0.3 is 6.03 Å². The molecule has 6 heteroatoms. The Morgan fingerprint density at radius 1 is 1.15 bits per heavy atom. The number of para-hydroxylation sites is 1. The Hall–Kier alpha value is -2.40. The maximum absolute atomic E-state index is 12.1. The van der Waals surface area contributed by atoms with Crippen LogP contribution in [0.1, 0.15) is 5.56 Å². The molecule has 3 aromatic rings. The second kappa shape index (κ2) is 5.30. The van der Waals surface area contributed by atoms with Crippen molar-refractivity contribution in [3.63, 3.8) is 0 Å². The van der Waals surface area contributed by atoms with E-state index in [-0.39, 0.29) is 6.03 Å². The summed E-state index contributed by atoms with van der Waals surface area (Å²) in [5, 5.41) is 11.3. The van der Waals surface area contributed by atoms with Crippen LogP contribution in [-0.4, -0.2) is 21.0 Å². The smallest absolute Gasteiger partial charge is 0.332 e. The summed E-state index contributed by atoms with van der Waals surface area (Å²) in [7, 11) is 0. The van der Waals surface area contributed by atoms with Gasteiger partial charge in [0.15, 0.2) is 0 Å². The molecule has 0 atom stereocenters. The van der Waals surface area contributed by atoms with E-state index in [4.69, 9.17) is 11.6 Å². The van der Waals surface area contributed by atoms with Gasteiger partial charge in [0.25, 0.3) is 0 Å². The summed E-state index contributed by atoms with van der Waals surface area (Å²) in [6.07, 6.45) is 0. The zero-order valence-electron chi connectivity index (χ0n) is 10.5. The highest BCUT2D eigenvalue weighted by atomic mass is 35.5. The van der Waals surface area contributed by atoms with Gasteiger partial charge in [-0.05, 0) is 29.8 Å². The van der Waals surface area contributed by atoms with Crippen LogP contribution in [0.15, 0.2) is 48.5 Å². The van der Waals surface area contributed by atoms with E-state index in [9.17, 15) is 4.79 Å². The first-order valence-electron chi connectivity index (χ1n) is 6.07. The van der Waals surface area contributed by atoms with Crippen molar-refractivity contribution < 1.29 is 4.79 Å². The van der Waals surface area contributed by atoms with Crippen molar-refractivity contribution in [2.45, 2.75) is 6.54 Å². The summed E-state index contributed by atoms with van der Waals surface area (Å²) < 4.78 is 1.26. The molecule has 0 unspecified atom stereocenters. The van der Waals surface area contributed by atoms with Gasteiger partial charge in [0.05, 0.1) is 5.52 Å². The fourth-order valence-corrected chi connectivity index (χ4v) is 2.00. The lowest BCUT2D eigenvalue weighted by atomic mass is 10.2. The van der Waals surface area contributed by atoms with Crippen molar-refractivity contribution in [2.24, 2.45) is 0 Å². The fraction of sp³-hybridized carbons (Fsp3) is 0.0714.